The summed E-state index contributed by atoms with van der Waals surface area (Å²) in [5, 5.41) is 12.1. The van der Waals surface area contributed by atoms with Gasteiger partial charge in [-0.05, 0) is 73.0 Å². The number of hydrogen-bond donors (Lipinski definition) is 2. The number of carbonyl (C=O) groups is 2. The zero-order valence-electron chi connectivity index (χ0n) is 20.7. The highest BCUT2D eigenvalue weighted by Crippen LogP contribution is 2.32. The van der Waals surface area contributed by atoms with Gasteiger partial charge in [0, 0.05) is 28.3 Å². The topological polar surface area (TPSA) is 98.0 Å². The number of aliphatic carboxylic acids is 1. The summed E-state index contributed by atoms with van der Waals surface area (Å²) in [5.74, 6) is 0.306. The maximum atomic E-state index is 12.4. The third-order valence-electron chi connectivity index (χ3n) is 5.81. The average Bonchev–Trinajstić information content (AvgIpc) is 3.56. The molecule has 0 fully saturated rings. The highest BCUT2D eigenvalue weighted by Gasteiger charge is 2.18. The number of carboxylic acid groups (broad SMARTS) is 1. The Hall–Kier alpha value is -3.88. The molecule has 0 radical (unpaired) electrons. The summed E-state index contributed by atoms with van der Waals surface area (Å²) in [5.41, 5.74) is 3.64. The number of amides is 1. The van der Waals surface area contributed by atoms with Crippen molar-refractivity contribution < 1.29 is 28.6 Å². The number of ether oxygens (including phenoxy) is 2. The summed E-state index contributed by atoms with van der Waals surface area (Å²) in [7, 11) is 0. The van der Waals surface area contributed by atoms with Gasteiger partial charge in [0.1, 0.15) is 18.1 Å². The van der Waals surface area contributed by atoms with Crippen LogP contribution in [0.25, 0.3) is 10.4 Å². The van der Waals surface area contributed by atoms with E-state index >= 15 is 0 Å². The number of carbonyl (C=O) groups excluding carboxylic acids is 1. The molecule has 7 nitrogen and oxygen atoms in total. The Balaban J connectivity index is 1.33. The largest absolute Gasteiger partial charge is 0.488 e. The van der Waals surface area contributed by atoms with E-state index in [4.69, 9.17) is 13.9 Å². The number of thiophene rings is 1. The lowest BCUT2D eigenvalue weighted by Crippen LogP contribution is -2.26. The molecule has 4 rings (SSSR count). The first-order chi connectivity index (χ1) is 17.9. The minimum Gasteiger partial charge on any atom is -0.488 e. The molecule has 0 aliphatic rings. The van der Waals surface area contributed by atoms with Crippen LogP contribution < -0.4 is 10.1 Å². The Bertz CT molecular complexity index is 1310. The van der Waals surface area contributed by atoms with Gasteiger partial charge in [-0.2, -0.15) is 0 Å². The van der Waals surface area contributed by atoms with Gasteiger partial charge in [0.2, 0.25) is 0 Å². The van der Waals surface area contributed by atoms with E-state index in [1.165, 1.54) is 0 Å². The number of nitrogens with one attached hydrogen (secondary N) is 1. The van der Waals surface area contributed by atoms with Crippen LogP contribution in [0.4, 0.5) is 0 Å². The van der Waals surface area contributed by atoms with Gasteiger partial charge in [-0.15, -0.1) is 11.3 Å². The van der Waals surface area contributed by atoms with Crippen molar-refractivity contribution in [3.8, 4) is 16.2 Å². The number of furan rings is 1. The van der Waals surface area contributed by atoms with E-state index in [1.807, 2.05) is 54.6 Å². The van der Waals surface area contributed by atoms with Gasteiger partial charge in [-0.1, -0.05) is 24.3 Å². The second-order valence-corrected chi connectivity index (χ2v) is 9.61. The number of aryl methyl sites for hydroxylation is 1. The maximum absolute atomic E-state index is 12.4. The molecule has 37 heavy (non-hydrogen) atoms. The van der Waals surface area contributed by atoms with Crippen molar-refractivity contribution in [2.24, 2.45) is 0 Å². The SMILES string of the molecule is CCO[C@@H](Cc1ccc(OCc2sc(-c3ccc(C(=O)NCc4ccco4)cc3)cc2C)cc1)C(=O)O. The Morgan fingerprint density at radius 1 is 1.08 bits per heavy atom. The predicted molar refractivity (Wildman–Crippen MR) is 142 cm³/mol. The van der Waals surface area contributed by atoms with Crippen LogP contribution in [-0.2, 0) is 29.1 Å². The molecule has 1 amide bonds. The van der Waals surface area contributed by atoms with Crippen molar-refractivity contribution in [1.82, 2.24) is 5.32 Å². The highest BCUT2D eigenvalue weighted by atomic mass is 32.1. The normalized spacial score (nSPS) is 11.7. The summed E-state index contributed by atoms with van der Waals surface area (Å²) in [6.45, 7) is 4.97. The monoisotopic (exact) mass is 519 g/mol. The molecule has 0 bridgehead atoms. The Morgan fingerprint density at radius 2 is 1.84 bits per heavy atom. The molecule has 1 atom stereocenters. The first-order valence-corrected chi connectivity index (χ1v) is 12.8. The third-order valence-corrected chi connectivity index (χ3v) is 7.07. The van der Waals surface area contributed by atoms with E-state index in [-0.39, 0.29) is 5.91 Å². The standard InChI is InChI=1S/C29H29NO6S/c1-3-34-25(29(32)33)16-20-6-12-23(13-7-20)36-18-27-19(2)15-26(37-27)21-8-10-22(11-9-21)28(31)30-17-24-5-4-14-35-24/h4-15,25H,3,16-18H2,1-2H3,(H,30,31)(H,32,33)/t25-/m0/s1. The Morgan fingerprint density at radius 3 is 2.49 bits per heavy atom. The molecule has 0 saturated heterocycles. The van der Waals surface area contributed by atoms with Crippen LogP contribution in [-0.4, -0.2) is 29.7 Å². The molecule has 0 aliphatic carbocycles. The number of carboxylic acids is 1. The first-order valence-electron chi connectivity index (χ1n) is 12.0. The zero-order chi connectivity index (χ0) is 26.2. The Labute approximate surface area is 219 Å². The van der Waals surface area contributed by atoms with Crippen LogP contribution in [0.2, 0.25) is 0 Å². The molecule has 2 heterocycles. The van der Waals surface area contributed by atoms with E-state index in [0.717, 1.165) is 26.4 Å². The van der Waals surface area contributed by atoms with Crippen LogP contribution in [0.5, 0.6) is 5.75 Å². The van der Waals surface area contributed by atoms with E-state index in [9.17, 15) is 14.7 Å². The lowest BCUT2D eigenvalue weighted by atomic mass is 10.1. The van der Waals surface area contributed by atoms with Gasteiger partial charge in [0.15, 0.2) is 6.10 Å². The van der Waals surface area contributed by atoms with Crippen LogP contribution in [0, 0.1) is 6.92 Å². The smallest absolute Gasteiger partial charge is 0.333 e. The van der Waals surface area contributed by atoms with Crippen LogP contribution in [0.3, 0.4) is 0 Å². The van der Waals surface area contributed by atoms with E-state index in [1.54, 1.807) is 30.6 Å². The van der Waals surface area contributed by atoms with Crippen LogP contribution in [0.1, 0.15) is 39.0 Å². The number of benzene rings is 2. The van der Waals surface area contributed by atoms with E-state index in [0.29, 0.717) is 43.3 Å². The van der Waals surface area contributed by atoms with Crippen molar-refractivity contribution in [3.05, 3.63) is 100 Å². The van der Waals surface area contributed by atoms with Crippen molar-refractivity contribution in [2.45, 2.75) is 39.5 Å². The molecule has 2 N–H and O–H groups in total. The van der Waals surface area contributed by atoms with Gasteiger partial charge in [0.05, 0.1) is 12.8 Å². The molecule has 0 unspecified atom stereocenters. The molecule has 2 aromatic carbocycles. The minimum absolute atomic E-state index is 0.151. The molecule has 8 heteroatoms. The van der Waals surface area contributed by atoms with Crippen LogP contribution in [0.15, 0.2) is 77.4 Å². The van der Waals surface area contributed by atoms with Crippen molar-refractivity contribution in [1.29, 1.82) is 0 Å². The second-order valence-electron chi connectivity index (χ2n) is 8.48. The van der Waals surface area contributed by atoms with Gasteiger partial charge >= 0.3 is 5.97 Å². The maximum Gasteiger partial charge on any atom is 0.333 e. The molecular formula is C29H29NO6S. The molecule has 2 aromatic heterocycles. The molecular weight excluding hydrogens is 490 g/mol. The van der Waals surface area contributed by atoms with Gasteiger partial charge in [-0.25, -0.2) is 4.79 Å². The van der Waals surface area contributed by atoms with Gasteiger partial charge in [0.25, 0.3) is 5.91 Å². The summed E-state index contributed by atoms with van der Waals surface area (Å²) >= 11 is 1.66. The molecule has 0 aliphatic heterocycles. The fraction of sp³-hybridized carbons (Fsp3) is 0.241. The quantitative estimate of drug-likeness (QED) is 0.243. The Kier molecular flexibility index (Phi) is 8.77. The predicted octanol–water partition coefficient (Wildman–Crippen LogP) is 5.86. The summed E-state index contributed by atoms with van der Waals surface area (Å²) in [4.78, 5) is 25.9. The third kappa shape index (κ3) is 7.09. The summed E-state index contributed by atoms with van der Waals surface area (Å²) < 4.78 is 16.5. The lowest BCUT2D eigenvalue weighted by Gasteiger charge is -2.13. The fourth-order valence-electron chi connectivity index (χ4n) is 3.78. The highest BCUT2D eigenvalue weighted by molar-refractivity contribution is 7.15. The van der Waals surface area contributed by atoms with E-state index < -0.39 is 12.1 Å². The zero-order valence-corrected chi connectivity index (χ0v) is 21.5. The lowest BCUT2D eigenvalue weighted by molar-refractivity contribution is -0.149. The fourth-order valence-corrected chi connectivity index (χ4v) is 4.87. The molecule has 192 valence electrons. The van der Waals surface area contributed by atoms with Crippen LogP contribution >= 0.6 is 11.3 Å². The van der Waals surface area contributed by atoms with Gasteiger partial charge in [-0.3, -0.25) is 4.79 Å². The molecule has 0 saturated carbocycles. The summed E-state index contributed by atoms with van der Waals surface area (Å²) in [6, 6.07) is 20.7. The second kappa shape index (κ2) is 12.4. The molecule has 0 spiro atoms. The van der Waals surface area contributed by atoms with E-state index in [2.05, 4.69) is 18.3 Å². The average molecular weight is 520 g/mol. The first kappa shape index (κ1) is 26.2. The number of rotatable bonds is 12. The molecule has 4 aromatic rings. The number of hydrogen-bond acceptors (Lipinski definition) is 6. The van der Waals surface area contributed by atoms with Crippen molar-refractivity contribution >= 4 is 23.2 Å². The van der Waals surface area contributed by atoms with Gasteiger partial charge < -0.3 is 24.3 Å². The van der Waals surface area contributed by atoms with Crippen molar-refractivity contribution in [3.63, 3.8) is 0 Å². The van der Waals surface area contributed by atoms with Crippen molar-refractivity contribution in [2.75, 3.05) is 6.61 Å². The minimum atomic E-state index is -0.964. The summed E-state index contributed by atoms with van der Waals surface area (Å²) in [6.07, 6.45) is 1.04.